The Morgan fingerprint density at radius 3 is 0.946 bits per heavy atom. The van der Waals surface area contributed by atoms with Crippen LogP contribution in [0.4, 0.5) is 0 Å². The zero-order chi connectivity index (χ0) is 53.0. The molecule has 0 atom stereocenters. The SMILES string of the molecule is CC/C=C/C/C=C/C/C=C/CCCCCCCC(=O)Oc1ccc(/C=C/c2cc(OC(=O)CCCCCCC/C=C/C/C=C/C/C=C/CC)cc(OC(=O)CCCCCCC/C=C/C/C=C/C/C=C/CC)c2)cc1. The Balaban J connectivity index is 1.84. The Morgan fingerprint density at radius 2 is 0.595 bits per heavy atom. The number of hydrogen-bond acceptors (Lipinski definition) is 6. The third kappa shape index (κ3) is 39.7. The third-order valence-corrected chi connectivity index (χ3v) is 12.0. The van der Waals surface area contributed by atoms with E-state index in [0.29, 0.717) is 36.5 Å². The number of rotatable bonds is 44. The first-order valence-electron chi connectivity index (χ1n) is 28.8. The lowest BCUT2D eigenvalue weighted by Gasteiger charge is -2.10. The molecular formula is C68H96O6. The molecule has 2 aromatic carbocycles. The van der Waals surface area contributed by atoms with Crippen LogP contribution < -0.4 is 14.2 Å². The maximum Gasteiger partial charge on any atom is 0.311 e. The van der Waals surface area contributed by atoms with Crippen molar-refractivity contribution in [2.24, 2.45) is 0 Å². The Morgan fingerprint density at radius 1 is 0.311 bits per heavy atom. The molecule has 0 saturated carbocycles. The van der Waals surface area contributed by atoms with Crippen molar-refractivity contribution in [1.82, 2.24) is 0 Å². The maximum atomic E-state index is 13.0. The van der Waals surface area contributed by atoms with Gasteiger partial charge in [0.1, 0.15) is 17.2 Å². The number of benzene rings is 2. The molecule has 6 nitrogen and oxygen atoms in total. The molecule has 0 bridgehead atoms. The van der Waals surface area contributed by atoms with E-state index in [1.165, 1.54) is 12.8 Å². The Hall–Kier alpha value is -5.75. The Bertz CT molecular complexity index is 1970. The summed E-state index contributed by atoms with van der Waals surface area (Å²) in [5.41, 5.74) is 1.63. The third-order valence-electron chi connectivity index (χ3n) is 12.0. The van der Waals surface area contributed by atoms with Crippen molar-refractivity contribution < 1.29 is 28.6 Å². The minimum atomic E-state index is -0.300. The topological polar surface area (TPSA) is 78.9 Å². The second kappa shape index (κ2) is 48.2. The molecule has 0 amide bonds. The summed E-state index contributed by atoms with van der Waals surface area (Å²) < 4.78 is 17.3. The summed E-state index contributed by atoms with van der Waals surface area (Å²) in [6.07, 6.45) is 72.9. The smallest absolute Gasteiger partial charge is 0.311 e. The van der Waals surface area contributed by atoms with Gasteiger partial charge >= 0.3 is 17.9 Å². The zero-order valence-corrected chi connectivity index (χ0v) is 46.3. The highest BCUT2D eigenvalue weighted by Gasteiger charge is 2.12. The van der Waals surface area contributed by atoms with Crippen LogP contribution in [-0.2, 0) is 14.4 Å². The quantitative estimate of drug-likeness (QED) is 0.0216. The lowest BCUT2D eigenvalue weighted by Crippen LogP contribution is -2.10. The number of hydrogen-bond donors (Lipinski definition) is 0. The average Bonchev–Trinajstić information content (AvgIpc) is 3.39. The van der Waals surface area contributed by atoms with Crippen LogP contribution in [0.2, 0.25) is 0 Å². The molecule has 0 unspecified atom stereocenters. The van der Waals surface area contributed by atoms with Gasteiger partial charge in [0.15, 0.2) is 0 Å². The fourth-order valence-corrected chi connectivity index (χ4v) is 7.86. The van der Waals surface area contributed by atoms with Gasteiger partial charge in [0.05, 0.1) is 0 Å². The van der Waals surface area contributed by atoms with E-state index < -0.39 is 0 Å². The van der Waals surface area contributed by atoms with E-state index >= 15 is 0 Å². The summed E-state index contributed by atoms with van der Waals surface area (Å²) in [6, 6.07) is 12.6. The maximum absolute atomic E-state index is 13.0. The molecule has 0 aromatic heterocycles. The van der Waals surface area contributed by atoms with Crippen LogP contribution in [0.25, 0.3) is 12.2 Å². The van der Waals surface area contributed by atoms with Crippen molar-refractivity contribution >= 4 is 30.1 Å². The van der Waals surface area contributed by atoms with Crippen LogP contribution in [0, 0.1) is 0 Å². The summed E-state index contributed by atoms with van der Waals surface area (Å²) in [6.45, 7) is 6.45. The minimum Gasteiger partial charge on any atom is -0.427 e. The van der Waals surface area contributed by atoms with Crippen LogP contribution in [-0.4, -0.2) is 17.9 Å². The number of esters is 3. The van der Waals surface area contributed by atoms with E-state index in [2.05, 4.69) is 130 Å². The highest BCUT2D eigenvalue weighted by atomic mass is 16.5. The van der Waals surface area contributed by atoms with Crippen LogP contribution in [0.15, 0.2) is 152 Å². The van der Waals surface area contributed by atoms with Crippen molar-refractivity contribution in [2.45, 2.75) is 213 Å². The second-order valence-electron chi connectivity index (χ2n) is 18.9. The first-order valence-corrected chi connectivity index (χ1v) is 28.8. The van der Waals surface area contributed by atoms with Crippen molar-refractivity contribution in [3.8, 4) is 17.2 Å². The summed E-state index contributed by atoms with van der Waals surface area (Å²) in [4.78, 5) is 38.6. The molecule has 0 aliphatic rings. The van der Waals surface area contributed by atoms with E-state index in [0.717, 1.165) is 172 Å². The minimum absolute atomic E-state index is 0.217. The molecule has 0 saturated heterocycles. The molecule has 0 fully saturated rings. The van der Waals surface area contributed by atoms with E-state index in [1.807, 2.05) is 24.3 Å². The molecule has 0 spiro atoms. The predicted octanol–water partition coefficient (Wildman–Crippen LogP) is 20.3. The number of allylic oxidation sites excluding steroid dienone is 18. The molecule has 404 valence electrons. The van der Waals surface area contributed by atoms with Gasteiger partial charge in [-0.05, 0) is 151 Å². The van der Waals surface area contributed by atoms with Crippen LogP contribution in [0.3, 0.4) is 0 Å². The Kier molecular flexibility index (Phi) is 41.9. The molecule has 0 aliphatic carbocycles. The molecular weight excluding hydrogens is 913 g/mol. The van der Waals surface area contributed by atoms with Gasteiger partial charge in [0.25, 0.3) is 0 Å². The summed E-state index contributed by atoms with van der Waals surface area (Å²) >= 11 is 0. The first kappa shape index (κ1) is 64.4. The standard InChI is InChI=1S/C68H96O6/c1-4-7-10-13-16-19-22-25-28-31-34-37-40-43-46-49-66(69)72-63-56-54-61(55-57-63)52-53-62-58-64(73-67(70)50-47-44-41-38-35-32-29-26-23-20-17-14-11-8-5-2)60-65(59-62)74-68(71)51-48-45-42-39-36-33-30-27-24-21-18-15-12-9-6-3/h7-12,16-21,25-30,52-60H,4-6,13-15,22-24,31-51H2,1-3H3/b10-7+,11-8+,12-9+,19-16+,20-17+,21-18+,28-25+,29-26+,30-27+,53-52+. The van der Waals surface area contributed by atoms with Crippen molar-refractivity contribution in [3.63, 3.8) is 0 Å². The number of carbonyl (C=O) groups is 3. The fourth-order valence-electron chi connectivity index (χ4n) is 7.86. The predicted molar refractivity (Wildman–Crippen MR) is 317 cm³/mol. The highest BCUT2D eigenvalue weighted by molar-refractivity contribution is 5.77. The lowest BCUT2D eigenvalue weighted by atomic mass is 10.1. The van der Waals surface area contributed by atoms with Crippen LogP contribution in [0.5, 0.6) is 17.2 Å². The van der Waals surface area contributed by atoms with Crippen molar-refractivity contribution in [2.75, 3.05) is 0 Å². The summed E-state index contributed by atoms with van der Waals surface area (Å²) in [7, 11) is 0. The molecule has 6 heteroatoms. The van der Waals surface area contributed by atoms with Gasteiger partial charge in [-0.25, -0.2) is 0 Å². The molecule has 0 N–H and O–H groups in total. The zero-order valence-electron chi connectivity index (χ0n) is 46.3. The van der Waals surface area contributed by atoms with Gasteiger partial charge in [-0.15, -0.1) is 0 Å². The monoisotopic (exact) mass is 1010 g/mol. The van der Waals surface area contributed by atoms with Gasteiger partial charge in [-0.1, -0.05) is 212 Å². The summed E-state index contributed by atoms with van der Waals surface area (Å²) in [5.74, 6) is 0.388. The van der Waals surface area contributed by atoms with Gasteiger partial charge in [-0.3, -0.25) is 14.4 Å². The summed E-state index contributed by atoms with van der Waals surface area (Å²) in [5, 5.41) is 0. The van der Waals surface area contributed by atoms with Gasteiger partial charge in [0, 0.05) is 25.3 Å². The largest absolute Gasteiger partial charge is 0.427 e. The molecule has 0 radical (unpaired) electrons. The van der Waals surface area contributed by atoms with E-state index in [9.17, 15) is 14.4 Å². The fraction of sp³-hybridized carbons (Fsp3) is 0.485. The first-order chi connectivity index (χ1) is 36.4. The lowest BCUT2D eigenvalue weighted by molar-refractivity contribution is -0.135. The number of carbonyl (C=O) groups excluding carboxylic acids is 3. The average molecular weight is 1010 g/mol. The van der Waals surface area contributed by atoms with Crippen molar-refractivity contribution in [1.29, 1.82) is 0 Å². The van der Waals surface area contributed by atoms with Crippen LogP contribution >= 0.6 is 0 Å². The van der Waals surface area contributed by atoms with E-state index in [-0.39, 0.29) is 17.9 Å². The molecule has 2 rings (SSSR count). The van der Waals surface area contributed by atoms with E-state index in [1.54, 1.807) is 30.3 Å². The van der Waals surface area contributed by atoms with Crippen molar-refractivity contribution in [3.05, 3.63) is 163 Å². The molecule has 2 aromatic rings. The molecule has 74 heavy (non-hydrogen) atoms. The Labute approximate surface area is 450 Å². The second-order valence-corrected chi connectivity index (χ2v) is 18.9. The number of unbranched alkanes of at least 4 members (excludes halogenated alkanes) is 15. The molecule has 0 heterocycles. The molecule has 0 aliphatic heterocycles. The van der Waals surface area contributed by atoms with Gasteiger partial charge < -0.3 is 14.2 Å². The number of ether oxygens (including phenoxy) is 3. The van der Waals surface area contributed by atoms with E-state index in [4.69, 9.17) is 14.2 Å². The normalized spacial score (nSPS) is 12.4. The highest BCUT2D eigenvalue weighted by Crippen LogP contribution is 2.27. The van der Waals surface area contributed by atoms with Crippen LogP contribution in [0.1, 0.15) is 225 Å². The van der Waals surface area contributed by atoms with Gasteiger partial charge in [0.2, 0.25) is 0 Å². The van der Waals surface area contributed by atoms with Gasteiger partial charge in [-0.2, -0.15) is 0 Å².